The van der Waals surface area contributed by atoms with Gasteiger partial charge in [-0.1, -0.05) is 55.6 Å². The number of halogens is 3. The number of methoxy groups -OCH3 is 1. The van der Waals surface area contributed by atoms with E-state index in [4.69, 9.17) is 16.3 Å². The van der Waals surface area contributed by atoms with Crippen molar-refractivity contribution < 1.29 is 4.74 Å². The van der Waals surface area contributed by atoms with Crippen LogP contribution in [-0.2, 0) is 6.42 Å². The first kappa shape index (κ1) is 14.9. The summed E-state index contributed by atoms with van der Waals surface area (Å²) in [7, 11) is 1.67. The van der Waals surface area contributed by atoms with E-state index >= 15 is 0 Å². The molecular weight excluding hydrogens is 391 g/mol. The van der Waals surface area contributed by atoms with Crippen LogP contribution in [-0.4, -0.2) is 7.11 Å². The van der Waals surface area contributed by atoms with Crippen molar-refractivity contribution in [1.29, 1.82) is 0 Å². The Balaban J connectivity index is 2.24. The summed E-state index contributed by atoms with van der Waals surface area (Å²) < 4.78 is 6.47. The van der Waals surface area contributed by atoms with E-state index in [2.05, 4.69) is 44.0 Å². The summed E-state index contributed by atoms with van der Waals surface area (Å²) in [6.07, 6.45) is 0.871. The smallest absolute Gasteiger partial charge is 0.123 e. The molecule has 0 saturated heterocycles. The van der Waals surface area contributed by atoms with Gasteiger partial charge < -0.3 is 4.74 Å². The molecule has 0 saturated carbocycles. The van der Waals surface area contributed by atoms with E-state index < -0.39 is 0 Å². The molecule has 0 heterocycles. The van der Waals surface area contributed by atoms with E-state index in [9.17, 15) is 0 Å². The summed E-state index contributed by atoms with van der Waals surface area (Å²) in [6, 6.07) is 14.0. The molecule has 0 aliphatic carbocycles. The van der Waals surface area contributed by atoms with Gasteiger partial charge in [-0.05, 0) is 42.3 Å². The molecule has 19 heavy (non-hydrogen) atoms. The maximum absolute atomic E-state index is 6.06. The summed E-state index contributed by atoms with van der Waals surface area (Å²) in [4.78, 5) is 0.162. The van der Waals surface area contributed by atoms with Crippen LogP contribution >= 0.6 is 43.5 Å². The number of benzene rings is 2. The van der Waals surface area contributed by atoms with Crippen molar-refractivity contribution in [3.8, 4) is 5.75 Å². The molecule has 4 heteroatoms. The van der Waals surface area contributed by atoms with Crippen LogP contribution in [0.15, 0.2) is 46.9 Å². The largest absolute Gasteiger partial charge is 0.496 e. The average molecular weight is 405 g/mol. The second-order valence-electron chi connectivity index (χ2n) is 4.19. The minimum Gasteiger partial charge on any atom is -0.496 e. The lowest BCUT2D eigenvalue weighted by Gasteiger charge is -2.15. The molecule has 0 N–H and O–H groups in total. The van der Waals surface area contributed by atoms with Crippen LogP contribution in [0, 0.1) is 0 Å². The fourth-order valence-corrected chi connectivity index (χ4v) is 3.29. The first-order chi connectivity index (χ1) is 9.10. The quantitative estimate of drug-likeness (QED) is 0.586. The predicted octanol–water partition coefficient (Wildman–Crippen LogP) is 5.79. The zero-order valence-electron chi connectivity index (χ0n) is 10.4. The Morgan fingerprint density at radius 3 is 2.68 bits per heavy atom. The standard InChI is InChI=1S/C15H13Br2ClO/c1-19-15-6-5-12(18)9-13(15)14(17)8-10-3-2-4-11(16)7-10/h2-7,9,14H,8H2,1H3. The summed E-state index contributed by atoms with van der Waals surface area (Å²) in [5.74, 6) is 0.848. The highest BCUT2D eigenvalue weighted by Gasteiger charge is 2.14. The Bertz CT molecular complexity index is 572. The molecule has 2 rings (SSSR count). The zero-order chi connectivity index (χ0) is 13.8. The van der Waals surface area contributed by atoms with Crippen LogP contribution < -0.4 is 4.74 Å². The zero-order valence-corrected chi connectivity index (χ0v) is 14.3. The Labute approximate surface area is 135 Å². The van der Waals surface area contributed by atoms with E-state index in [1.165, 1.54) is 5.56 Å². The monoisotopic (exact) mass is 402 g/mol. The number of ether oxygens (including phenoxy) is 1. The van der Waals surface area contributed by atoms with Gasteiger partial charge in [-0.15, -0.1) is 0 Å². The van der Waals surface area contributed by atoms with Gasteiger partial charge in [0.15, 0.2) is 0 Å². The molecule has 1 unspecified atom stereocenters. The molecule has 0 radical (unpaired) electrons. The Hall–Kier alpha value is -0.510. The van der Waals surface area contributed by atoms with Crippen molar-refractivity contribution in [3.05, 3.63) is 63.1 Å². The minimum atomic E-state index is 0.162. The molecule has 0 aliphatic rings. The van der Waals surface area contributed by atoms with Gasteiger partial charge in [0.05, 0.1) is 7.11 Å². The fourth-order valence-electron chi connectivity index (χ4n) is 1.93. The van der Waals surface area contributed by atoms with Crippen molar-refractivity contribution in [3.63, 3.8) is 0 Å². The highest BCUT2D eigenvalue weighted by Crippen LogP contribution is 2.35. The van der Waals surface area contributed by atoms with E-state index in [0.29, 0.717) is 0 Å². The van der Waals surface area contributed by atoms with E-state index in [0.717, 1.165) is 27.2 Å². The summed E-state index contributed by atoms with van der Waals surface area (Å²) in [5, 5.41) is 0.717. The SMILES string of the molecule is COc1ccc(Cl)cc1C(Br)Cc1cccc(Br)c1. The van der Waals surface area contributed by atoms with E-state index in [1.54, 1.807) is 7.11 Å². The Morgan fingerprint density at radius 2 is 2.00 bits per heavy atom. The van der Waals surface area contributed by atoms with Gasteiger partial charge in [-0.2, -0.15) is 0 Å². The molecule has 1 nitrogen and oxygen atoms in total. The molecule has 2 aromatic rings. The maximum atomic E-state index is 6.06. The molecule has 2 aromatic carbocycles. The van der Waals surface area contributed by atoms with Gasteiger partial charge in [0.25, 0.3) is 0 Å². The van der Waals surface area contributed by atoms with Gasteiger partial charge in [-0.25, -0.2) is 0 Å². The summed E-state index contributed by atoms with van der Waals surface area (Å²) >= 11 is 13.3. The molecule has 0 aliphatic heterocycles. The lowest BCUT2D eigenvalue weighted by molar-refractivity contribution is 0.409. The Morgan fingerprint density at radius 1 is 1.21 bits per heavy atom. The second-order valence-corrected chi connectivity index (χ2v) is 6.65. The topological polar surface area (TPSA) is 9.23 Å². The molecule has 0 aromatic heterocycles. The fraction of sp³-hybridized carbons (Fsp3) is 0.200. The third-order valence-corrected chi connectivity index (χ3v) is 4.38. The van der Waals surface area contributed by atoms with Gasteiger partial charge in [0, 0.05) is 19.9 Å². The summed E-state index contributed by atoms with van der Waals surface area (Å²) in [6.45, 7) is 0. The average Bonchev–Trinajstić information content (AvgIpc) is 2.38. The van der Waals surface area contributed by atoms with Crippen molar-refractivity contribution in [1.82, 2.24) is 0 Å². The molecule has 100 valence electrons. The first-order valence-electron chi connectivity index (χ1n) is 5.82. The van der Waals surface area contributed by atoms with Gasteiger partial charge >= 0.3 is 0 Å². The number of hydrogen-bond acceptors (Lipinski definition) is 1. The molecular formula is C15H13Br2ClO. The minimum absolute atomic E-state index is 0.162. The lowest BCUT2D eigenvalue weighted by Crippen LogP contribution is -1.99. The number of hydrogen-bond donors (Lipinski definition) is 0. The third kappa shape index (κ3) is 3.98. The van der Waals surface area contributed by atoms with Crippen molar-refractivity contribution in [2.75, 3.05) is 7.11 Å². The van der Waals surface area contributed by atoms with E-state index in [1.807, 2.05) is 30.3 Å². The van der Waals surface area contributed by atoms with Crippen LogP contribution in [0.4, 0.5) is 0 Å². The van der Waals surface area contributed by atoms with Gasteiger partial charge in [0.1, 0.15) is 5.75 Å². The number of rotatable bonds is 4. The van der Waals surface area contributed by atoms with Crippen molar-refractivity contribution >= 4 is 43.5 Å². The third-order valence-electron chi connectivity index (χ3n) is 2.83. The van der Waals surface area contributed by atoms with Crippen LogP contribution in [0.2, 0.25) is 5.02 Å². The first-order valence-corrected chi connectivity index (χ1v) is 7.91. The maximum Gasteiger partial charge on any atom is 0.123 e. The van der Waals surface area contributed by atoms with Crippen molar-refractivity contribution in [2.45, 2.75) is 11.2 Å². The molecule has 0 spiro atoms. The Kier molecular flexibility index (Phi) is 5.31. The highest BCUT2D eigenvalue weighted by molar-refractivity contribution is 9.10. The van der Waals surface area contributed by atoms with E-state index in [-0.39, 0.29) is 4.83 Å². The van der Waals surface area contributed by atoms with Crippen LogP contribution in [0.1, 0.15) is 16.0 Å². The summed E-state index contributed by atoms with van der Waals surface area (Å²) in [5.41, 5.74) is 2.31. The number of alkyl halides is 1. The van der Waals surface area contributed by atoms with Crippen LogP contribution in [0.3, 0.4) is 0 Å². The molecule has 0 bridgehead atoms. The normalized spacial score (nSPS) is 12.2. The predicted molar refractivity (Wildman–Crippen MR) is 87.5 cm³/mol. The van der Waals surface area contributed by atoms with Gasteiger partial charge in [-0.3, -0.25) is 0 Å². The van der Waals surface area contributed by atoms with Crippen molar-refractivity contribution in [2.24, 2.45) is 0 Å². The highest BCUT2D eigenvalue weighted by atomic mass is 79.9. The van der Waals surface area contributed by atoms with Crippen LogP contribution in [0.25, 0.3) is 0 Å². The lowest BCUT2D eigenvalue weighted by atomic mass is 10.0. The molecule has 0 fully saturated rings. The molecule has 0 amide bonds. The van der Waals surface area contributed by atoms with Gasteiger partial charge in [0.2, 0.25) is 0 Å². The van der Waals surface area contributed by atoms with Crippen LogP contribution in [0.5, 0.6) is 5.75 Å². The molecule has 1 atom stereocenters. The second kappa shape index (κ2) is 6.78.